The van der Waals surface area contributed by atoms with Gasteiger partial charge in [0.1, 0.15) is 11.7 Å². The van der Waals surface area contributed by atoms with Gasteiger partial charge in [-0.2, -0.15) is 8.42 Å². The van der Waals surface area contributed by atoms with Crippen molar-refractivity contribution in [3.05, 3.63) is 74.6 Å². The Bertz CT molecular complexity index is 2080. The number of nitrogen functional groups attached to an aromatic ring is 1. The molecule has 9 N–H and O–H groups in total. The molecule has 50 heavy (non-hydrogen) atoms. The number of carboxylic acid groups (broad SMARTS) is 1. The van der Waals surface area contributed by atoms with Crippen LogP contribution < -0.4 is 27.1 Å². The van der Waals surface area contributed by atoms with Gasteiger partial charge in [-0.3, -0.25) is 28.5 Å². The van der Waals surface area contributed by atoms with Gasteiger partial charge in [0.15, 0.2) is 16.6 Å². The van der Waals surface area contributed by atoms with Crippen LogP contribution in [0.4, 0.5) is 5.13 Å². The molecule has 2 aliphatic rings. The molecule has 264 valence electrons. The Kier molecular flexibility index (Phi) is 9.87. The van der Waals surface area contributed by atoms with Crippen LogP contribution in [-0.4, -0.2) is 97.0 Å². The molecule has 1 aliphatic carbocycles. The Labute approximate surface area is 285 Å². The maximum atomic E-state index is 13.4. The fourth-order valence-corrected chi connectivity index (χ4v) is 6.36. The number of aromatic amines is 1. The Balaban J connectivity index is 1.28. The fraction of sp³-hybridized carbons (Fsp3) is 0.286. The highest BCUT2D eigenvalue weighted by Gasteiger charge is 2.54. The molecule has 5 rings (SSSR count). The van der Waals surface area contributed by atoms with E-state index in [1.54, 1.807) is 0 Å². The molecule has 20 nitrogen and oxygen atoms in total. The van der Waals surface area contributed by atoms with Crippen molar-refractivity contribution in [2.24, 2.45) is 5.16 Å². The lowest BCUT2D eigenvalue weighted by molar-refractivity contribution is -0.178. The van der Waals surface area contributed by atoms with Gasteiger partial charge in [-0.05, 0) is 24.6 Å². The predicted octanol–water partition coefficient (Wildman–Crippen LogP) is -1.29. The molecule has 1 saturated carbocycles. The van der Waals surface area contributed by atoms with Crippen LogP contribution >= 0.6 is 11.3 Å². The topological polar surface area (TPSA) is 313 Å². The molecular weight excluding hydrogens is 704 g/mol. The Morgan fingerprint density at radius 2 is 1.82 bits per heavy atom. The summed E-state index contributed by atoms with van der Waals surface area (Å²) in [4.78, 5) is 87.1. The smallest absolute Gasteiger partial charge is 0.362 e. The zero-order valence-electron chi connectivity index (χ0n) is 25.5. The van der Waals surface area contributed by atoms with E-state index < -0.39 is 81.0 Å². The molecule has 4 amide bonds. The molecule has 0 spiro atoms. The van der Waals surface area contributed by atoms with Gasteiger partial charge in [-0.25, -0.2) is 14.1 Å². The van der Waals surface area contributed by atoms with Gasteiger partial charge in [0, 0.05) is 53.9 Å². The Hall–Kier alpha value is -5.87. The van der Waals surface area contributed by atoms with Gasteiger partial charge in [-0.15, -0.1) is 11.3 Å². The van der Waals surface area contributed by atoms with Gasteiger partial charge in [0.25, 0.3) is 23.6 Å². The third kappa shape index (κ3) is 7.40. The normalized spacial score (nSPS) is 18.3. The third-order valence-corrected chi connectivity index (χ3v) is 9.42. The number of amides is 4. The van der Waals surface area contributed by atoms with Gasteiger partial charge in [0.2, 0.25) is 11.0 Å². The van der Waals surface area contributed by atoms with E-state index in [9.17, 15) is 52.0 Å². The molecule has 3 heterocycles. The van der Waals surface area contributed by atoms with E-state index in [0.717, 1.165) is 23.6 Å². The van der Waals surface area contributed by atoms with Gasteiger partial charge in [0.05, 0.1) is 12.6 Å². The predicted molar refractivity (Wildman–Crippen MR) is 171 cm³/mol. The molecule has 1 saturated heterocycles. The van der Waals surface area contributed by atoms with Crippen molar-refractivity contribution >= 4 is 62.1 Å². The first kappa shape index (κ1) is 35.4. The molecular formula is C28H28N8O12S2. The molecule has 22 heteroatoms. The number of carbonyl (C=O) groups excluding carboxylic acids is 4. The van der Waals surface area contributed by atoms with Crippen molar-refractivity contribution in [1.29, 1.82) is 0 Å². The van der Waals surface area contributed by atoms with Crippen molar-refractivity contribution in [2.75, 3.05) is 12.3 Å². The number of aromatic nitrogens is 2. The second-order valence-corrected chi connectivity index (χ2v) is 13.2. The molecule has 3 aromatic rings. The summed E-state index contributed by atoms with van der Waals surface area (Å²) in [5.74, 6) is -5.65. The number of nitrogens with one attached hydrogen (secondary N) is 4. The van der Waals surface area contributed by atoms with E-state index in [1.165, 1.54) is 29.6 Å². The lowest BCUT2D eigenvalue weighted by Gasteiger charge is -2.44. The number of anilines is 1. The molecule has 1 aromatic carbocycles. The Morgan fingerprint density at radius 1 is 1.14 bits per heavy atom. The first-order chi connectivity index (χ1) is 23.6. The largest absolute Gasteiger partial charge is 0.503 e. The number of carbonyl (C=O) groups is 5. The zero-order valence-corrected chi connectivity index (χ0v) is 27.1. The molecule has 0 unspecified atom stereocenters. The first-order valence-corrected chi connectivity index (χ1v) is 16.8. The number of hydrogen-bond donors (Lipinski definition) is 8. The minimum absolute atomic E-state index is 0.0187. The monoisotopic (exact) mass is 732 g/mol. The lowest BCUT2D eigenvalue weighted by Crippen LogP contribution is -2.74. The van der Waals surface area contributed by atoms with Crippen molar-refractivity contribution < 1.29 is 52.0 Å². The number of aliphatic carboxylic acids is 1. The van der Waals surface area contributed by atoms with Crippen LogP contribution in [0, 0.1) is 0 Å². The number of nitrogens with two attached hydrogens (primary N) is 1. The molecule has 0 radical (unpaired) electrons. The van der Waals surface area contributed by atoms with E-state index in [0.29, 0.717) is 12.1 Å². The minimum Gasteiger partial charge on any atom is -0.503 e. The highest BCUT2D eigenvalue weighted by atomic mass is 32.2. The summed E-state index contributed by atoms with van der Waals surface area (Å²) in [7, 11) is -5.16. The molecule has 0 bridgehead atoms. The minimum atomic E-state index is -5.16. The lowest BCUT2D eigenvalue weighted by atomic mass is 9.80. The quantitative estimate of drug-likeness (QED) is 0.0439. The van der Waals surface area contributed by atoms with Crippen molar-refractivity contribution in [2.45, 2.75) is 43.5 Å². The molecule has 2 aromatic heterocycles. The number of H-pyrrole nitrogens is 1. The van der Waals surface area contributed by atoms with E-state index in [2.05, 4.69) is 31.1 Å². The second kappa shape index (κ2) is 13.9. The average molecular weight is 733 g/mol. The van der Waals surface area contributed by atoms with Crippen LogP contribution in [0.1, 0.15) is 51.4 Å². The summed E-state index contributed by atoms with van der Waals surface area (Å²) in [5, 5.41) is 31.2. The number of thiazole rings is 1. The Morgan fingerprint density at radius 3 is 2.38 bits per heavy atom. The van der Waals surface area contributed by atoms with Crippen LogP contribution in [0.3, 0.4) is 0 Å². The standard InChI is InChI=1S/C28H28N8O12S2/c29-27-33-16(12-49-27)20(35-48-28(26(43)44)5-2-6-28)24(41)34-21-17(36(25(21)42)50(45,46)47)10-32-23(40)14-4-1-3-13(7-14)22(39)31-9-15-8-18(37)19(38)11-30-15/h1,3-4,7-8,11-12,17,21,38H,2,5-6,9-10H2,(H2,29,33)(H,30,37)(H,31,39)(H,32,40)(H,34,41)(H,43,44)(H,45,46,47)/b35-20-/t17-,21+/m1/s1. The van der Waals surface area contributed by atoms with E-state index in [1.807, 2.05) is 0 Å². The summed E-state index contributed by atoms with van der Waals surface area (Å²) >= 11 is 0.920. The maximum Gasteiger partial charge on any atom is 0.362 e. The molecule has 2 atom stereocenters. The number of rotatable bonds is 13. The number of aromatic hydroxyl groups is 1. The number of carboxylic acids is 1. The fourth-order valence-electron chi connectivity index (χ4n) is 4.93. The van der Waals surface area contributed by atoms with E-state index >= 15 is 0 Å². The zero-order chi connectivity index (χ0) is 36.4. The van der Waals surface area contributed by atoms with Gasteiger partial charge < -0.3 is 41.7 Å². The number of β-lactam (4-membered cyclic amide) rings is 1. The van der Waals surface area contributed by atoms with Gasteiger partial charge in [-0.1, -0.05) is 11.2 Å². The summed E-state index contributed by atoms with van der Waals surface area (Å²) in [6.07, 6.45) is 1.82. The highest BCUT2D eigenvalue weighted by molar-refractivity contribution is 7.84. The van der Waals surface area contributed by atoms with Crippen molar-refractivity contribution in [3.8, 4) is 5.75 Å². The first-order valence-electron chi connectivity index (χ1n) is 14.5. The third-order valence-electron chi connectivity index (χ3n) is 7.80. The summed E-state index contributed by atoms with van der Waals surface area (Å²) in [5.41, 5.74) is 2.90. The SMILES string of the molecule is Nc1nc(/C(=N/OC2(C(=O)O)CCC2)C(=O)N[C@@H]2C(=O)N(S(=O)(=O)O)[C@@H]2CNC(=O)c2cccc(C(=O)NCc3cc(=O)c(O)c[nH]3)c2)cs1. The van der Waals surface area contributed by atoms with Crippen molar-refractivity contribution in [1.82, 2.24) is 30.2 Å². The van der Waals surface area contributed by atoms with E-state index in [4.69, 9.17) is 10.6 Å². The number of pyridine rings is 1. The summed E-state index contributed by atoms with van der Waals surface area (Å²) < 4.78 is 33.7. The van der Waals surface area contributed by atoms with Crippen LogP contribution in [0.25, 0.3) is 0 Å². The number of nitrogens with zero attached hydrogens (tertiary/aromatic N) is 3. The highest BCUT2D eigenvalue weighted by Crippen LogP contribution is 2.36. The molecule has 1 aliphatic heterocycles. The van der Waals surface area contributed by atoms with E-state index in [-0.39, 0.29) is 45.6 Å². The average Bonchev–Trinajstić information content (AvgIpc) is 3.47. The summed E-state index contributed by atoms with van der Waals surface area (Å²) in [6.45, 7) is -0.734. The second-order valence-electron chi connectivity index (χ2n) is 11.1. The van der Waals surface area contributed by atoms with Crippen LogP contribution in [0.15, 0.2) is 51.9 Å². The number of oxime groups is 1. The number of hydrogen-bond acceptors (Lipinski definition) is 14. The van der Waals surface area contributed by atoms with Crippen LogP contribution in [0.5, 0.6) is 5.75 Å². The van der Waals surface area contributed by atoms with Crippen molar-refractivity contribution in [3.63, 3.8) is 0 Å². The number of benzene rings is 1. The van der Waals surface area contributed by atoms with Crippen LogP contribution in [-0.2, 0) is 36.1 Å². The van der Waals surface area contributed by atoms with Crippen LogP contribution in [0.2, 0.25) is 0 Å². The summed E-state index contributed by atoms with van der Waals surface area (Å²) in [6, 6.07) is 3.25. The molecule has 2 fully saturated rings. The maximum absolute atomic E-state index is 13.4. The van der Waals surface area contributed by atoms with Gasteiger partial charge >= 0.3 is 16.3 Å².